The zero-order valence-corrected chi connectivity index (χ0v) is 15.7. The van der Waals surface area contributed by atoms with Crippen LogP contribution in [0.2, 0.25) is 0 Å². The number of pyridine rings is 1. The molecule has 0 amide bonds. The van der Waals surface area contributed by atoms with Crippen molar-refractivity contribution in [3.05, 3.63) is 47.5 Å². The van der Waals surface area contributed by atoms with E-state index >= 15 is 0 Å². The number of ether oxygens (including phenoxy) is 1. The van der Waals surface area contributed by atoms with Crippen LogP contribution in [0.25, 0.3) is 0 Å². The minimum absolute atomic E-state index is 0.395. The van der Waals surface area contributed by atoms with Crippen LogP contribution in [-0.4, -0.2) is 56.7 Å². The molecule has 28 heavy (non-hydrogen) atoms. The maximum absolute atomic E-state index is 10.6. The molecule has 10 heteroatoms. The molecule has 2 aromatic heterocycles. The van der Waals surface area contributed by atoms with Gasteiger partial charge in [0.2, 0.25) is 0 Å². The van der Waals surface area contributed by atoms with E-state index in [1.807, 2.05) is 37.0 Å². The van der Waals surface area contributed by atoms with E-state index in [0.717, 1.165) is 38.5 Å². The average Bonchev–Trinajstić information content (AvgIpc) is 3.00. The minimum Gasteiger partial charge on any atom is -0.475 e. The number of fused-ring (bicyclic) bond motifs is 1. The molecule has 2 aromatic rings. The van der Waals surface area contributed by atoms with Crippen LogP contribution in [-0.2, 0) is 29.7 Å². The Balaban J connectivity index is 0.000000345. The third-order valence-electron chi connectivity index (χ3n) is 4.11. The molecule has 3 heterocycles. The van der Waals surface area contributed by atoms with Gasteiger partial charge in [0, 0.05) is 57.2 Å². The lowest BCUT2D eigenvalue weighted by Crippen LogP contribution is -2.35. The SMILES string of the molecule is CCOCC1CN(Cc2ccccn2)Cc2nn(C)cc21.O=C(O)C(F)(F)F. The number of carbonyl (C=O) groups is 1. The summed E-state index contributed by atoms with van der Waals surface area (Å²) in [6.45, 7) is 6.29. The Morgan fingerprint density at radius 2 is 2.11 bits per heavy atom. The summed E-state index contributed by atoms with van der Waals surface area (Å²) >= 11 is 0. The van der Waals surface area contributed by atoms with Crippen molar-refractivity contribution in [2.75, 3.05) is 19.8 Å². The van der Waals surface area contributed by atoms with E-state index in [1.54, 1.807) is 0 Å². The van der Waals surface area contributed by atoms with Crippen LogP contribution >= 0.6 is 0 Å². The number of hydrogen-bond donors (Lipinski definition) is 1. The molecule has 1 aliphatic heterocycles. The third kappa shape index (κ3) is 6.31. The normalized spacial score (nSPS) is 16.8. The summed E-state index contributed by atoms with van der Waals surface area (Å²) in [5.74, 6) is -2.36. The second-order valence-corrected chi connectivity index (χ2v) is 6.35. The number of carboxylic acid groups (broad SMARTS) is 1. The zero-order chi connectivity index (χ0) is 20.7. The maximum atomic E-state index is 10.6. The molecule has 0 spiro atoms. The van der Waals surface area contributed by atoms with Crippen molar-refractivity contribution in [3.63, 3.8) is 0 Å². The number of aliphatic carboxylic acids is 1. The maximum Gasteiger partial charge on any atom is 0.490 e. The van der Waals surface area contributed by atoms with Crippen LogP contribution in [0, 0.1) is 0 Å². The number of carboxylic acids is 1. The van der Waals surface area contributed by atoms with Crippen molar-refractivity contribution < 1.29 is 27.8 Å². The molecule has 0 saturated heterocycles. The second-order valence-electron chi connectivity index (χ2n) is 6.35. The van der Waals surface area contributed by atoms with Crippen LogP contribution in [0.1, 0.15) is 29.8 Å². The van der Waals surface area contributed by atoms with E-state index in [2.05, 4.69) is 27.2 Å². The molecule has 1 aliphatic rings. The molecule has 154 valence electrons. The summed E-state index contributed by atoms with van der Waals surface area (Å²) in [7, 11) is 1.99. The Morgan fingerprint density at radius 1 is 1.39 bits per heavy atom. The van der Waals surface area contributed by atoms with Crippen molar-refractivity contribution in [3.8, 4) is 0 Å². The number of aromatic nitrogens is 3. The molecule has 1 N–H and O–H groups in total. The molecule has 1 unspecified atom stereocenters. The van der Waals surface area contributed by atoms with Gasteiger partial charge in [-0.15, -0.1) is 0 Å². The lowest BCUT2D eigenvalue weighted by molar-refractivity contribution is -0.192. The molecule has 7 nitrogen and oxygen atoms in total. The van der Waals surface area contributed by atoms with Gasteiger partial charge in [0.1, 0.15) is 0 Å². The predicted molar refractivity (Wildman–Crippen MR) is 94.5 cm³/mol. The van der Waals surface area contributed by atoms with Crippen molar-refractivity contribution in [2.24, 2.45) is 7.05 Å². The van der Waals surface area contributed by atoms with Crippen LogP contribution < -0.4 is 0 Å². The summed E-state index contributed by atoms with van der Waals surface area (Å²) in [5, 5.41) is 11.7. The Bertz CT molecular complexity index is 765. The summed E-state index contributed by atoms with van der Waals surface area (Å²) < 4.78 is 39.3. The first-order valence-electron chi connectivity index (χ1n) is 8.73. The molecule has 0 saturated carbocycles. The topological polar surface area (TPSA) is 80.5 Å². The van der Waals surface area contributed by atoms with Crippen LogP contribution in [0.4, 0.5) is 13.2 Å². The molecular weight excluding hydrogens is 377 g/mol. The largest absolute Gasteiger partial charge is 0.490 e. The fourth-order valence-electron chi connectivity index (χ4n) is 2.95. The van der Waals surface area contributed by atoms with Gasteiger partial charge in [0.15, 0.2) is 0 Å². The van der Waals surface area contributed by atoms with Crippen molar-refractivity contribution in [2.45, 2.75) is 32.1 Å². The monoisotopic (exact) mass is 400 g/mol. The molecule has 0 fully saturated rings. The van der Waals surface area contributed by atoms with Crippen molar-refractivity contribution in [1.29, 1.82) is 0 Å². The van der Waals surface area contributed by atoms with Gasteiger partial charge in [-0.05, 0) is 19.1 Å². The number of aryl methyl sites for hydroxylation is 1. The smallest absolute Gasteiger partial charge is 0.475 e. The average molecular weight is 400 g/mol. The Labute approximate surface area is 160 Å². The third-order valence-corrected chi connectivity index (χ3v) is 4.11. The standard InChI is InChI=1S/C16H22N4O.C2HF3O2/c1-3-21-12-13-8-20(9-14-6-4-5-7-17-14)11-16-15(13)10-19(2)18-16;3-2(4,5)1(6)7/h4-7,10,13H,3,8-9,11-12H2,1-2H3;(H,6,7). The van der Waals surface area contributed by atoms with E-state index in [0.29, 0.717) is 5.92 Å². The van der Waals surface area contributed by atoms with Gasteiger partial charge in [-0.1, -0.05) is 6.07 Å². The molecule has 0 aromatic carbocycles. The molecule has 0 radical (unpaired) electrons. The lowest BCUT2D eigenvalue weighted by Gasteiger charge is -2.31. The summed E-state index contributed by atoms with van der Waals surface area (Å²) in [6, 6.07) is 6.07. The van der Waals surface area contributed by atoms with Gasteiger partial charge in [-0.25, -0.2) is 4.79 Å². The van der Waals surface area contributed by atoms with Crippen LogP contribution in [0.5, 0.6) is 0 Å². The molecular formula is C18H23F3N4O3. The first-order valence-corrected chi connectivity index (χ1v) is 8.73. The highest BCUT2D eigenvalue weighted by atomic mass is 19.4. The van der Waals surface area contributed by atoms with E-state index in [4.69, 9.17) is 14.6 Å². The first-order chi connectivity index (χ1) is 13.2. The number of alkyl halides is 3. The Hall–Kier alpha value is -2.46. The molecule has 1 atom stereocenters. The highest BCUT2D eigenvalue weighted by Crippen LogP contribution is 2.28. The van der Waals surface area contributed by atoms with Crippen molar-refractivity contribution in [1.82, 2.24) is 19.7 Å². The Morgan fingerprint density at radius 3 is 2.68 bits per heavy atom. The summed E-state index contributed by atoms with van der Waals surface area (Å²) in [6.07, 6.45) is -1.10. The number of nitrogens with zero attached hydrogens (tertiary/aromatic N) is 4. The second kappa shape index (κ2) is 9.65. The van der Waals surface area contributed by atoms with Gasteiger partial charge in [-0.3, -0.25) is 14.6 Å². The predicted octanol–water partition coefficient (Wildman–Crippen LogP) is 2.58. The highest BCUT2D eigenvalue weighted by molar-refractivity contribution is 5.73. The van der Waals surface area contributed by atoms with Crippen molar-refractivity contribution >= 4 is 5.97 Å². The minimum atomic E-state index is -5.08. The van der Waals surface area contributed by atoms with Gasteiger partial charge in [0.25, 0.3) is 0 Å². The first kappa shape index (κ1) is 21.8. The number of rotatable bonds is 5. The molecule has 3 rings (SSSR count). The molecule has 0 aliphatic carbocycles. The summed E-state index contributed by atoms with van der Waals surface area (Å²) in [5.41, 5.74) is 3.61. The summed E-state index contributed by atoms with van der Waals surface area (Å²) in [4.78, 5) is 15.7. The van der Waals surface area contributed by atoms with E-state index < -0.39 is 12.1 Å². The highest BCUT2D eigenvalue weighted by Gasteiger charge is 2.38. The van der Waals surface area contributed by atoms with Gasteiger partial charge in [0.05, 0.1) is 18.0 Å². The fraction of sp³-hybridized carbons (Fsp3) is 0.500. The number of hydrogen-bond acceptors (Lipinski definition) is 5. The van der Waals surface area contributed by atoms with Gasteiger partial charge in [-0.2, -0.15) is 18.3 Å². The van der Waals surface area contributed by atoms with Gasteiger partial charge < -0.3 is 9.84 Å². The van der Waals surface area contributed by atoms with Gasteiger partial charge >= 0.3 is 12.1 Å². The lowest BCUT2D eigenvalue weighted by atomic mass is 9.95. The van der Waals surface area contributed by atoms with Crippen LogP contribution in [0.3, 0.4) is 0 Å². The van der Waals surface area contributed by atoms with E-state index in [1.165, 1.54) is 11.3 Å². The Kier molecular flexibility index (Phi) is 7.53. The quantitative estimate of drug-likeness (QED) is 0.831. The fourth-order valence-corrected chi connectivity index (χ4v) is 2.95. The van der Waals surface area contributed by atoms with E-state index in [-0.39, 0.29) is 0 Å². The van der Waals surface area contributed by atoms with E-state index in [9.17, 15) is 13.2 Å². The number of halogens is 3. The van der Waals surface area contributed by atoms with Crippen LogP contribution in [0.15, 0.2) is 30.6 Å². The zero-order valence-electron chi connectivity index (χ0n) is 15.7. The molecule has 0 bridgehead atoms.